The highest BCUT2D eigenvalue weighted by Gasteiger charge is 2.32. The average Bonchev–Trinajstić information content (AvgIpc) is 3.57. The number of fused-ring (bicyclic) bond motifs is 1. The maximum absolute atomic E-state index is 5.87. The molecule has 1 atom stereocenters. The Hall–Kier alpha value is -3.84. The van der Waals surface area contributed by atoms with Crippen LogP contribution in [0.15, 0.2) is 77.2 Å². The molecule has 0 amide bonds. The topological polar surface area (TPSA) is 56.2 Å². The standard InChI is InChI=1S/C28H25N3O3S/c1-18-3-5-19(6-4-18)23-16-25(21-9-12-26-27(15-21)34-14-13-33-26)31(30-23)28-29-24(17-35-28)20-7-10-22(32-2)11-8-20/h3-12,15,17,25H,13-14,16H2,1-2H3. The van der Waals surface area contributed by atoms with Gasteiger partial charge in [-0.05, 0) is 54.4 Å². The van der Waals surface area contributed by atoms with Gasteiger partial charge in [-0.15, -0.1) is 11.3 Å². The predicted molar refractivity (Wildman–Crippen MR) is 139 cm³/mol. The van der Waals surface area contributed by atoms with Crippen molar-refractivity contribution in [2.45, 2.75) is 19.4 Å². The van der Waals surface area contributed by atoms with E-state index >= 15 is 0 Å². The Morgan fingerprint density at radius 2 is 1.66 bits per heavy atom. The number of nitrogens with zero attached hydrogens (tertiary/aromatic N) is 3. The van der Waals surface area contributed by atoms with E-state index in [0.29, 0.717) is 13.2 Å². The molecule has 35 heavy (non-hydrogen) atoms. The van der Waals surface area contributed by atoms with Crippen LogP contribution in [0.4, 0.5) is 5.13 Å². The number of ether oxygens (including phenoxy) is 3. The van der Waals surface area contributed by atoms with Crippen LogP contribution >= 0.6 is 11.3 Å². The van der Waals surface area contributed by atoms with Crippen LogP contribution in [-0.2, 0) is 0 Å². The molecule has 3 heterocycles. The maximum atomic E-state index is 5.87. The summed E-state index contributed by atoms with van der Waals surface area (Å²) in [5.41, 5.74) is 6.51. The van der Waals surface area contributed by atoms with E-state index in [0.717, 1.165) is 56.9 Å². The summed E-state index contributed by atoms with van der Waals surface area (Å²) in [7, 11) is 1.67. The third kappa shape index (κ3) is 4.23. The molecule has 176 valence electrons. The molecule has 0 fully saturated rings. The molecular weight excluding hydrogens is 458 g/mol. The van der Waals surface area contributed by atoms with Crippen molar-refractivity contribution >= 4 is 22.2 Å². The summed E-state index contributed by atoms with van der Waals surface area (Å²) in [4.78, 5) is 4.96. The summed E-state index contributed by atoms with van der Waals surface area (Å²) in [5, 5.41) is 10.1. The molecule has 0 spiro atoms. The number of methoxy groups -OCH3 is 1. The number of thiazole rings is 1. The number of rotatable bonds is 5. The van der Waals surface area contributed by atoms with Crippen LogP contribution in [0.1, 0.15) is 29.2 Å². The first-order valence-electron chi connectivity index (χ1n) is 11.6. The summed E-state index contributed by atoms with van der Waals surface area (Å²) in [6.07, 6.45) is 0.778. The third-order valence-electron chi connectivity index (χ3n) is 6.32. The highest BCUT2D eigenvalue weighted by atomic mass is 32.1. The Morgan fingerprint density at radius 3 is 2.43 bits per heavy atom. The molecule has 4 aromatic rings. The van der Waals surface area contributed by atoms with Crippen molar-refractivity contribution in [3.05, 3.63) is 88.8 Å². The van der Waals surface area contributed by atoms with Crippen molar-refractivity contribution < 1.29 is 14.2 Å². The maximum Gasteiger partial charge on any atom is 0.207 e. The fourth-order valence-corrected chi connectivity index (χ4v) is 5.23. The second-order valence-corrected chi connectivity index (χ2v) is 9.46. The van der Waals surface area contributed by atoms with Gasteiger partial charge in [0, 0.05) is 17.4 Å². The highest BCUT2D eigenvalue weighted by molar-refractivity contribution is 7.14. The van der Waals surface area contributed by atoms with Gasteiger partial charge >= 0.3 is 0 Å². The minimum Gasteiger partial charge on any atom is -0.497 e. The molecule has 6 rings (SSSR count). The van der Waals surface area contributed by atoms with E-state index in [2.05, 4.69) is 53.7 Å². The fraction of sp³-hybridized carbons (Fsp3) is 0.214. The van der Waals surface area contributed by atoms with Crippen molar-refractivity contribution in [2.75, 3.05) is 25.3 Å². The molecule has 1 aromatic heterocycles. The molecule has 0 saturated heterocycles. The molecule has 2 aliphatic heterocycles. The summed E-state index contributed by atoms with van der Waals surface area (Å²) in [6.45, 7) is 3.24. The van der Waals surface area contributed by atoms with Crippen LogP contribution in [-0.4, -0.2) is 31.0 Å². The zero-order valence-electron chi connectivity index (χ0n) is 19.6. The Morgan fingerprint density at radius 1 is 0.914 bits per heavy atom. The van der Waals surface area contributed by atoms with E-state index < -0.39 is 0 Å². The van der Waals surface area contributed by atoms with Gasteiger partial charge in [-0.3, -0.25) is 0 Å². The van der Waals surface area contributed by atoms with Crippen LogP contribution in [0.5, 0.6) is 17.2 Å². The minimum absolute atomic E-state index is 0.0111. The number of aryl methyl sites for hydroxylation is 1. The van der Waals surface area contributed by atoms with Gasteiger partial charge in [0.1, 0.15) is 19.0 Å². The monoisotopic (exact) mass is 483 g/mol. The van der Waals surface area contributed by atoms with Crippen molar-refractivity contribution in [3.63, 3.8) is 0 Å². The zero-order chi connectivity index (χ0) is 23.8. The molecule has 3 aromatic carbocycles. The molecule has 0 bridgehead atoms. The van der Waals surface area contributed by atoms with Crippen molar-refractivity contribution in [2.24, 2.45) is 5.10 Å². The lowest BCUT2D eigenvalue weighted by Crippen LogP contribution is -2.20. The second-order valence-electron chi connectivity index (χ2n) is 8.62. The Kier molecular flexibility index (Phi) is 5.62. The molecule has 0 saturated carbocycles. The molecule has 0 radical (unpaired) electrons. The van der Waals surface area contributed by atoms with E-state index in [1.54, 1.807) is 18.4 Å². The van der Waals surface area contributed by atoms with Gasteiger partial charge in [0.2, 0.25) is 5.13 Å². The van der Waals surface area contributed by atoms with Crippen LogP contribution in [0, 0.1) is 6.92 Å². The molecule has 0 aliphatic carbocycles. The SMILES string of the molecule is COc1ccc(-c2csc(N3N=C(c4ccc(C)cc4)CC3c3ccc4c(c3)OCCO4)n2)cc1. The molecule has 7 heteroatoms. The lowest BCUT2D eigenvalue weighted by atomic mass is 9.97. The third-order valence-corrected chi connectivity index (χ3v) is 7.15. The van der Waals surface area contributed by atoms with Gasteiger partial charge in [-0.25, -0.2) is 9.99 Å². The summed E-state index contributed by atoms with van der Waals surface area (Å²) in [5.74, 6) is 2.41. The van der Waals surface area contributed by atoms with Gasteiger partial charge in [0.25, 0.3) is 0 Å². The number of anilines is 1. The highest BCUT2D eigenvalue weighted by Crippen LogP contribution is 2.42. The molecular formula is C28H25N3O3S. The van der Waals surface area contributed by atoms with Crippen LogP contribution in [0.25, 0.3) is 11.3 Å². The van der Waals surface area contributed by atoms with E-state index in [1.807, 2.05) is 30.3 Å². The Bertz CT molecular complexity index is 1380. The first-order chi connectivity index (χ1) is 17.2. The Balaban J connectivity index is 1.37. The molecule has 0 N–H and O–H groups in total. The van der Waals surface area contributed by atoms with Crippen LogP contribution < -0.4 is 19.2 Å². The normalized spacial score (nSPS) is 16.8. The van der Waals surface area contributed by atoms with E-state index in [4.69, 9.17) is 24.3 Å². The van der Waals surface area contributed by atoms with Crippen molar-refractivity contribution in [3.8, 4) is 28.5 Å². The number of benzene rings is 3. The van der Waals surface area contributed by atoms with Gasteiger partial charge in [-0.1, -0.05) is 35.9 Å². The quantitative estimate of drug-likeness (QED) is 0.336. The predicted octanol–water partition coefficient (Wildman–Crippen LogP) is 6.25. The van der Waals surface area contributed by atoms with Gasteiger partial charge in [0.05, 0.1) is 24.6 Å². The van der Waals surface area contributed by atoms with Crippen LogP contribution in [0.2, 0.25) is 0 Å². The molecule has 6 nitrogen and oxygen atoms in total. The smallest absolute Gasteiger partial charge is 0.207 e. The minimum atomic E-state index is 0.0111. The summed E-state index contributed by atoms with van der Waals surface area (Å²) in [6, 6.07) is 22.7. The first kappa shape index (κ1) is 21.7. The van der Waals surface area contributed by atoms with Gasteiger partial charge < -0.3 is 14.2 Å². The Labute approximate surface area is 208 Å². The molecule has 1 unspecified atom stereocenters. The number of hydrazone groups is 1. The zero-order valence-corrected chi connectivity index (χ0v) is 20.4. The summed E-state index contributed by atoms with van der Waals surface area (Å²) < 4.78 is 16.9. The number of aromatic nitrogens is 1. The average molecular weight is 484 g/mol. The van der Waals surface area contributed by atoms with Gasteiger partial charge in [0.15, 0.2) is 11.5 Å². The fourth-order valence-electron chi connectivity index (χ4n) is 4.40. The van der Waals surface area contributed by atoms with E-state index in [1.165, 1.54) is 5.56 Å². The van der Waals surface area contributed by atoms with Crippen LogP contribution in [0.3, 0.4) is 0 Å². The second kappa shape index (κ2) is 9.07. The van der Waals surface area contributed by atoms with E-state index in [-0.39, 0.29) is 6.04 Å². The number of hydrogen-bond donors (Lipinski definition) is 0. The first-order valence-corrected chi connectivity index (χ1v) is 12.5. The summed E-state index contributed by atoms with van der Waals surface area (Å²) >= 11 is 1.60. The van der Waals surface area contributed by atoms with Gasteiger partial charge in [-0.2, -0.15) is 5.10 Å². The van der Waals surface area contributed by atoms with E-state index in [9.17, 15) is 0 Å². The molecule has 2 aliphatic rings. The van der Waals surface area contributed by atoms with Crippen molar-refractivity contribution in [1.29, 1.82) is 0 Å². The lowest BCUT2D eigenvalue weighted by Gasteiger charge is -2.24. The largest absolute Gasteiger partial charge is 0.497 e. The number of hydrogen-bond acceptors (Lipinski definition) is 7. The lowest BCUT2D eigenvalue weighted by molar-refractivity contribution is 0.171. The van der Waals surface area contributed by atoms with Crippen molar-refractivity contribution in [1.82, 2.24) is 4.98 Å².